The first kappa shape index (κ1) is 13.1. The number of hydrogen-bond acceptors (Lipinski definition) is 2. The highest BCUT2D eigenvalue weighted by atomic mass is 16.2. The molecule has 1 aliphatic rings. The Bertz CT molecular complexity index is 804. The summed E-state index contributed by atoms with van der Waals surface area (Å²) in [6.07, 6.45) is 5.19. The Morgan fingerprint density at radius 1 is 1.09 bits per heavy atom. The first-order chi connectivity index (χ1) is 10.8. The van der Waals surface area contributed by atoms with Crippen LogP contribution in [-0.4, -0.2) is 26.7 Å². The number of nitrogens with zero attached hydrogens (tertiary/aromatic N) is 3. The highest BCUT2D eigenvalue weighted by molar-refractivity contribution is 5.78. The summed E-state index contributed by atoms with van der Waals surface area (Å²) in [7, 11) is 0. The number of carbonyl (C=O) groups excluding carboxylic acids is 1. The molecule has 0 bridgehead atoms. The molecule has 110 valence electrons. The number of imidazole rings is 1. The fourth-order valence-corrected chi connectivity index (χ4v) is 3.05. The predicted molar refractivity (Wildman–Crippen MR) is 84.5 cm³/mol. The number of pyridine rings is 1. The van der Waals surface area contributed by atoms with Crippen molar-refractivity contribution in [3.63, 3.8) is 0 Å². The van der Waals surface area contributed by atoms with Gasteiger partial charge in [0, 0.05) is 25.5 Å². The third kappa shape index (κ3) is 2.37. The zero-order valence-electron chi connectivity index (χ0n) is 12.3. The number of fused-ring (bicyclic) bond motifs is 2. The van der Waals surface area contributed by atoms with Crippen LogP contribution >= 0.6 is 0 Å². The quantitative estimate of drug-likeness (QED) is 0.727. The van der Waals surface area contributed by atoms with E-state index in [1.807, 2.05) is 46.0 Å². The Labute approximate surface area is 129 Å². The maximum Gasteiger partial charge on any atom is 0.228 e. The van der Waals surface area contributed by atoms with Crippen LogP contribution in [0.15, 0.2) is 54.9 Å². The van der Waals surface area contributed by atoms with Gasteiger partial charge >= 0.3 is 0 Å². The van der Waals surface area contributed by atoms with Crippen LogP contribution in [0.1, 0.15) is 16.8 Å². The summed E-state index contributed by atoms with van der Waals surface area (Å²) in [5.74, 6) is 0.151. The maximum absolute atomic E-state index is 12.5. The molecule has 1 aliphatic heterocycles. The van der Waals surface area contributed by atoms with Crippen LogP contribution in [0.3, 0.4) is 0 Å². The Morgan fingerprint density at radius 3 is 2.77 bits per heavy atom. The van der Waals surface area contributed by atoms with E-state index in [0.29, 0.717) is 13.0 Å². The van der Waals surface area contributed by atoms with E-state index in [9.17, 15) is 4.79 Å². The lowest BCUT2D eigenvalue weighted by molar-refractivity contribution is -0.131. The van der Waals surface area contributed by atoms with Crippen molar-refractivity contribution in [2.24, 2.45) is 0 Å². The number of hydrogen-bond donors (Lipinski definition) is 0. The Kier molecular flexibility index (Phi) is 3.15. The predicted octanol–water partition coefficient (Wildman–Crippen LogP) is 2.46. The lowest BCUT2D eigenvalue weighted by Crippen LogP contribution is -2.36. The van der Waals surface area contributed by atoms with Gasteiger partial charge in [-0.2, -0.15) is 0 Å². The molecule has 4 nitrogen and oxygen atoms in total. The highest BCUT2D eigenvalue weighted by Gasteiger charge is 2.21. The molecule has 0 atom stereocenters. The molecule has 22 heavy (non-hydrogen) atoms. The summed E-state index contributed by atoms with van der Waals surface area (Å²) in [6.45, 7) is 1.51. The van der Waals surface area contributed by atoms with E-state index < -0.39 is 0 Å². The largest absolute Gasteiger partial charge is 0.338 e. The Balaban J connectivity index is 1.51. The van der Waals surface area contributed by atoms with Gasteiger partial charge in [0.25, 0.3) is 0 Å². The van der Waals surface area contributed by atoms with Gasteiger partial charge in [-0.3, -0.25) is 4.79 Å². The second-order valence-electron chi connectivity index (χ2n) is 5.71. The van der Waals surface area contributed by atoms with Gasteiger partial charge in [-0.05, 0) is 29.7 Å². The summed E-state index contributed by atoms with van der Waals surface area (Å²) >= 11 is 0. The molecule has 0 saturated heterocycles. The average Bonchev–Trinajstić information content (AvgIpc) is 2.96. The molecule has 0 unspecified atom stereocenters. The average molecular weight is 291 g/mol. The molecule has 0 spiro atoms. The van der Waals surface area contributed by atoms with Gasteiger partial charge in [0.2, 0.25) is 5.91 Å². The SMILES string of the molecule is O=C(Cc1cn2ccccc2n1)N1CCc2ccccc2C1. The minimum atomic E-state index is 0.151. The van der Waals surface area contributed by atoms with Crippen LogP contribution in [0.4, 0.5) is 0 Å². The van der Waals surface area contributed by atoms with Gasteiger partial charge < -0.3 is 9.30 Å². The molecule has 0 saturated carbocycles. The summed E-state index contributed by atoms with van der Waals surface area (Å²) in [5.41, 5.74) is 4.33. The fourth-order valence-electron chi connectivity index (χ4n) is 3.05. The molecular weight excluding hydrogens is 274 g/mol. The molecule has 0 N–H and O–H groups in total. The molecule has 0 aliphatic carbocycles. The molecule has 1 amide bonds. The van der Waals surface area contributed by atoms with Crippen LogP contribution in [0, 0.1) is 0 Å². The zero-order valence-corrected chi connectivity index (χ0v) is 12.3. The van der Waals surface area contributed by atoms with Crippen molar-refractivity contribution in [2.45, 2.75) is 19.4 Å². The summed E-state index contributed by atoms with van der Waals surface area (Å²) in [5, 5.41) is 0. The lowest BCUT2D eigenvalue weighted by Gasteiger charge is -2.28. The molecular formula is C18H17N3O. The molecule has 0 fully saturated rings. The number of rotatable bonds is 2. The molecule has 2 aromatic heterocycles. The van der Waals surface area contributed by atoms with Crippen molar-refractivity contribution in [3.8, 4) is 0 Å². The van der Waals surface area contributed by atoms with Crippen molar-refractivity contribution in [1.82, 2.24) is 14.3 Å². The monoisotopic (exact) mass is 291 g/mol. The van der Waals surface area contributed by atoms with E-state index in [0.717, 1.165) is 24.3 Å². The third-order valence-electron chi connectivity index (χ3n) is 4.23. The highest BCUT2D eigenvalue weighted by Crippen LogP contribution is 2.19. The second-order valence-corrected chi connectivity index (χ2v) is 5.71. The van der Waals surface area contributed by atoms with Crippen molar-refractivity contribution in [3.05, 3.63) is 71.7 Å². The van der Waals surface area contributed by atoms with Gasteiger partial charge in [-0.15, -0.1) is 0 Å². The van der Waals surface area contributed by atoms with Crippen molar-refractivity contribution >= 4 is 11.6 Å². The van der Waals surface area contributed by atoms with E-state index in [4.69, 9.17) is 0 Å². The third-order valence-corrected chi connectivity index (χ3v) is 4.23. The number of amides is 1. The number of aromatic nitrogens is 2. The molecule has 3 heterocycles. The normalized spacial score (nSPS) is 14.1. The van der Waals surface area contributed by atoms with E-state index in [2.05, 4.69) is 23.2 Å². The topological polar surface area (TPSA) is 37.6 Å². The minimum Gasteiger partial charge on any atom is -0.338 e. The molecule has 0 radical (unpaired) electrons. The van der Waals surface area contributed by atoms with Crippen LogP contribution in [0.2, 0.25) is 0 Å². The van der Waals surface area contributed by atoms with Crippen molar-refractivity contribution < 1.29 is 4.79 Å². The molecule has 4 rings (SSSR count). The van der Waals surface area contributed by atoms with E-state index in [-0.39, 0.29) is 5.91 Å². The summed E-state index contributed by atoms with van der Waals surface area (Å²) < 4.78 is 1.95. The first-order valence-corrected chi connectivity index (χ1v) is 7.57. The van der Waals surface area contributed by atoms with Gasteiger partial charge in [0.1, 0.15) is 5.65 Å². The van der Waals surface area contributed by atoms with Gasteiger partial charge in [0.15, 0.2) is 0 Å². The molecule has 4 heteroatoms. The van der Waals surface area contributed by atoms with Gasteiger partial charge in [0.05, 0.1) is 12.1 Å². The Morgan fingerprint density at radius 2 is 1.91 bits per heavy atom. The molecule has 3 aromatic rings. The lowest BCUT2D eigenvalue weighted by atomic mass is 10.00. The van der Waals surface area contributed by atoms with E-state index in [1.165, 1.54) is 11.1 Å². The smallest absolute Gasteiger partial charge is 0.228 e. The first-order valence-electron chi connectivity index (χ1n) is 7.57. The number of benzene rings is 1. The van der Waals surface area contributed by atoms with Gasteiger partial charge in [-0.1, -0.05) is 30.3 Å². The molecule has 1 aromatic carbocycles. The summed E-state index contributed by atoms with van der Waals surface area (Å²) in [4.78, 5) is 19.0. The van der Waals surface area contributed by atoms with Crippen LogP contribution < -0.4 is 0 Å². The van der Waals surface area contributed by atoms with Crippen molar-refractivity contribution in [2.75, 3.05) is 6.54 Å². The van der Waals surface area contributed by atoms with Crippen LogP contribution in [-0.2, 0) is 24.2 Å². The zero-order chi connectivity index (χ0) is 14.9. The summed E-state index contributed by atoms with van der Waals surface area (Å²) in [6, 6.07) is 14.2. The van der Waals surface area contributed by atoms with E-state index in [1.54, 1.807) is 0 Å². The van der Waals surface area contributed by atoms with Gasteiger partial charge in [-0.25, -0.2) is 4.98 Å². The number of carbonyl (C=O) groups is 1. The second kappa shape index (κ2) is 5.30. The fraction of sp³-hybridized carbons (Fsp3) is 0.222. The van der Waals surface area contributed by atoms with E-state index >= 15 is 0 Å². The minimum absolute atomic E-state index is 0.151. The van der Waals surface area contributed by atoms with Crippen LogP contribution in [0.25, 0.3) is 5.65 Å². The Hall–Kier alpha value is -2.62. The van der Waals surface area contributed by atoms with Crippen molar-refractivity contribution in [1.29, 1.82) is 0 Å². The maximum atomic E-state index is 12.5. The van der Waals surface area contributed by atoms with Crippen LogP contribution in [0.5, 0.6) is 0 Å². The standard InChI is InChI=1S/C18H17N3O/c22-18(11-16-13-20-9-4-3-7-17(20)19-16)21-10-8-14-5-1-2-6-15(14)12-21/h1-7,9,13H,8,10-12H2.